The van der Waals surface area contributed by atoms with Crippen molar-refractivity contribution < 1.29 is 14.3 Å². The van der Waals surface area contributed by atoms with Gasteiger partial charge in [0.25, 0.3) is 0 Å². The lowest BCUT2D eigenvalue weighted by molar-refractivity contribution is 0.0697. The van der Waals surface area contributed by atoms with Crippen LogP contribution in [0.4, 0.5) is 4.39 Å². The zero-order valence-corrected chi connectivity index (χ0v) is 9.04. The number of aromatic carboxylic acids is 1. The number of carbonyl (C=O) groups is 1. The second-order valence-electron chi connectivity index (χ2n) is 4.04. The third-order valence-corrected chi connectivity index (χ3v) is 2.60. The van der Waals surface area contributed by atoms with Crippen molar-refractivity contribution in [3.05, 3.63) is 35.3 Å². The van der Waals surface area contributed by atoms with E-state index in [4.69, 9.17) is 5.11 Å². The van der Waals surface area contributed by atoms with Gasteiger partial charge in [0.05, 0.1) is 11.1 Å². The highest BCUT2D eigenvalue weighted by atomic mass is 19.1. The van der Waals surface area contributed by atoms with Crippen molar-refractivity contribution in [2.75, 3.05) is 0 Å². The summed E-state index contributed by atoms with van der Waals surface area (Å²) in [6, 6.07) is 4.45. The van der Waals surface area contributed by atoms with Crippen molar-refractivity contribution in [1.29, 1.82) is 0 Å². The Hall–Kier alpha value is -1.84. The van der Waals surface area contributed by atoms with Gasteiger partial charge in [-0.25, -0.2) is 9.18 Å². The van der Waals surface area contributed by atoms with Gasteiger partial charge in [0.1, 0.15) is 5.82 Å². The molecule has 1 aromatic carbocycles. The van der Waals surface area contributed by atoms with E-state index in [0.717, 1.165) is 0 Å². The number of hydrogen-bond donors (Lipinski definition) is 2. The Morgan fingerprint density at radius 2 is 2.12 bits per heavy atom. The first-order valence-corrected chi connectivity index (χ1v) is 5.05. The lowest BCUT2D eigenvalue weighted by Crippen LogP contribution is -2.01. The molecule has 2 N–H and O–H groups in total. The summed E-state index contributed by atoms with van der Waals surface area (Å²) in [4.78, 5) is 14.0. The van der Waals surface area contributed by atoms with E-state index in [-0.39, 0.29) is 17.0 Å². The summed E-state index contributed by atoms with van der Waals surface area (Å²) in [5.74, 6) is -1.44. The lowest BCUT2D eigenvalue weighted by Gasteiger charge is -2.03. The van der Waals surface area contributed by atoms with E-state index < -0.39 is 11.8 Å². The molecule has 0 amide bonds. The van der Waals surface area contributed by atoms with Crippen LogP contribution in [-0.2, 0) is 0 Å². The number of aromatic amines is 1. The van der Waals surface area contributed by atoms with E-state index >= 15 is 0 Å². The highest BCUT2D eigenvalue weighted by molar-refractivity contribution is 6.05. The molecule has 0 radical (unpaired) electrons. The largest absolute Gasteiger partial charge is 0.478 e. The van der Waals surface area contributed by atoms with Gasteiger partial charge in [0.15, 0.2) is 0 Å². The molecule has 1 heterocycles. The Bertz CT molecular complexity index is 557. The predicted molar refractivity (Wildman–Crippen MR) is 59.3 cm³/mol. The van der Waals surface area contributed by atoms with Gasteiger partial charge in [-0.15, -0.1) is 0 Å². The van der Waals surface area contributed by atoms with Crippen molar-refractivity contribution >= 4 is 16.9 Å². The summed E-state index contributed by atoms with van der Waals surface area (Å²) in [7, 11) is 0. The molecule has 16 heavy (non-hydrogen) atoms. The van der Waals surface area contributed by atoms with Crippen molar-refractivity contribution in [3.8, 4) is 0 Å². The van der Waals surface area contributed by atoms with Crippen molar-refractivity contribution in [2.24, 2.45) is 0 Å². The number of carboxylic acids is 1. The number of para-hydroxylation sites is 1. The number of hydrogen-bond acceptors (Lipinski definition) is 1. The second kappa shape index (κ2) is 3.63. The monoisotopic (exact) mass is 221 g/mol. The average molecular weight is 221 g/mol. The summed E-state index contributed by atoms with van der Waals surface area (Å²) in [6.45, 7) is 3.74. The van der Waals surface area contributed by atoms with E-state index in [1.54, 1.807) is 6.07 Å². The van der Waals surface area contributed by atoms with E-state index in [1.165, 1.54) is 12.1 Å². The van der Waals surface area contributed by atoms with Crippen molar-refractivity contribution in [3.63, 3.8) is 0 Å². The van der Waals surface area contributed by atoms with Gasteiger partial charge in [-0.2, -0.15) is 0 Å². The van der Waals surface area contributed by atoms with E-state index in [1.807, 2.05) is 13.8 Å². The van der Waals surface area contributed by atoms with E-state index in [2.05, 4.69) is 4.98 Å². The fourth-order valence-corrected chi connectivity index (χ4v) is 1.87. The molecule has 3 nitrogen and oxygen atoms in total. The van der Waals surface area contributed by atoms with Gasteiger partial charge in [-0.1, -0.05) is 26.0 Å². The molecule has 0 aliphatic heterocycles. The molecule has 2 rings (SSSR count). The van der Waals surface area contributed by atoms with E-state index in [0.29, 0.717) is 11.1 Å². The number of rotatable bonds is 2. The first kappa shape index (κ1) is 10.7. The first-order chi connectivity index (χ1) is 7.52. The van der Waals surface area contributed by atoms with Crippen LogP contribution in [0.2, 0.25) is 0 Å². The third kappa shape index (κ3) is 1.46. The van der Waals surface area contributed by atoms with Gasteiger partial charge < -0.3 is 10.1 Å². The zero-order valence-electron chi connectivity index (χ0n) is 9.04. The molecule has 0 bridgehead atoms. The zero-order chi connectivity index (χ0) is 11.9. The topological polar surface area (TPSA) is 53.1 Å². The number of fused-ring (bicyclic) bond motifs is 1. The fourth-order valence-electron chi connectivity index (χ4n) is 1.87. The Morgan fingerprint density at radius 3 is 2.69 bits per heavy atom. The average Bonchev–Trinajstić information content (AvgIpc) is 2.58. The Labute approximate surface area is 91.9 Å². The predicted octanol–water partition coefficient (Wildman–Crippen LogP) is 3.13. The molecule has 0 spiro atoms. The molecule has 0 fully saturated rings. The van der Waals surface area contributed by atoms with E-state index in [9.17, 15) is 9.18 Å². The molecule has 0 saturated carbocycles. The number of carboxylic acid groups (broad SMARTS) is 1. The van der Waals surface area contributed by atoms with Crippen LogP contribution < -0.4 is 0 Å². The number of halogens is 1. The van der Waals surface area contributed by atoms with Crippen LogP contribution in [0, 0.1) is 5.82 Å². The molecule has 2 aromatic rings. The molecule has 0 aliphatic rings. The number of H-pyrrole nitrogens is 1. The standard InChI is InChI=1S/C12H12FNO2/c1-6(2)10-9(12(15)16)7-4-3-5-8(13)11(7)14-10/h3-6,14H,1-2H3,(H,15,16). The fraction of sp³-hybridized carbons (Fsp3) is 0.250. The van der Waals surface area contributed by atoms with Gasteiger partial charge >= 0.3 is 5.97 Å². The number of nitrogens with one attached hydrogen (secondary N) is 1. The van der Waals surface area contributed by atoms with Crippen LogP contribution in [0.25, 0.3) is 10.9 Å². The van der Waals surface area contributed by atoms with Crippen LogP contribution in [0.1, 0.15) is 35.8 Å². The summed E-state index contributed by atoms with van der Waals surface area (Å²) < 4.78 is 13.5. The van der Waals surface area contributed by atoms with Crippen LogP contribution in [0.15, 0.2) is 18.2 Å². The molecule has 0 atom stereocenters. The number of benzene rings is 1. The first-order valence-electron chi connectivity index (χ1n) is 5.05. The molecule has 4 heteroatoms. The quantitative estimate of drug-likeness (QED) is 0.818. The second-order valence-corrected chi connectivity index (χ2v) is 4.04. The Morgan fingerprint density at radius 1 is 1.44 bits per heavy atom. The highest BCUT2D eigenvalue weighted by Crippen LogP contribution is 2.28. The van der Waals surface area contributed by atoms with Crippen LogP contribution in [0.3, 0.4) is 0 Å². The Balaban J connectivity index is 2.86. The SMILES string of the molecule is CC(C)c1[nH]c2c(F)cccc2c1C(=O)O. The molecular weight excluding hydrogens is 209 g/mol. The smallest absolute Gasteiger partial charge is 0.338 e. The third-order valence-electron chi connectivity index (χ3n) is 2.60. The minimum atomic E-state index is -1.03. The lowest BCUT2D eigenvalue weighted by atomic mass is 10.0. The van der Waals surface area contributed by atoms with Gasteiger partial charge in [0.2, 0.25) is 0 Å². The minimum Gasteiger partial charge on any atom is -0.478 e. The molecular formula is C12H12FNO2. The highest BCUT2D eigenvalue weighted by Gasteiger charge is 2.20. The molecule has 1 aromatic heterocycles. The molecule has 0 saturated heterocycles. The van der Waals surface area contributed by atoms with Gasteiger partial charge in [-0.3, -0.25) is 0 Å². The van der Waals surface area contributed by atoms with Crippen molar-refractivity contribution in [2.45, 2.75) is 19.8 Å². The van der Waals surface area contributed by atoms with Gasteiger partial charge in [-0.05, 0) is 12.0 Å². The Kier molecular flexibility index (Phi) is 2.42. The molecule has 0 aliphatic carbocycles. The summed E-state index contributed by atoms with van der Waals surface area (Å²) in [5, 5.41) is 9.58. The minimum absolute atomic E-state index is 0.0119. The van der Waals surface area contributed by atoms with Crippen molar-refractivity contribution in [1.82, 2.24) is 4.98 Å². The van der Waals surface area contributed by atoms with Crippen LogP contribution in [0.5, 0.6) is 0 Å². The maximum Gasteiger partial charge on any atom is 0.338 e. The maximum atomic E-state index is 13.5. The summed E-state index contributed by atoms with van der Waals surface area (Å²) >= 11 is 0. The summed E-state index contributed by atoms with van der Waals surface area (Å²) in [6.07, 6.45) is 0. The molecule has 84 valence electrons. The summed E-state index contributed by atoms with van der Waals surface area (Å²) in [5.41, 5.74) is 1.00. The maximum absolute atomic E-state index is 13.5. The normalized spacial score (nSPS) is 11.2. The van der Waals surface area contributed by atoms with Gasteiger partial charge in [0, 0.05) is 11.1 Å². The van der Waals surface area contributed by atoms with Crippen LogP contribution in [-0.4, -0.2) is 16.1 Å². The molecule has 0 unspecified atom stereocenters. The number of aromatic nitrogens is 1. The van der Waals surface area contributed by atoms with Crippen LogP contribution >= 0.6 is 0 Å².